The average Bonchev–Trinajstić information content (AvgIpc) is 2.25. The summed E-state index contributed by atoms with van der Waals surface area (Å²) < 4.78 is 4.98. The summed E-state index contributed by atoms with van der Waals surface area (Å²) in [4.78, 5) is 11.0. The predicted molar refractivity (Wildman–Crippen MR) is 56.2 cm³/mol. The number of benzene rings is 1. The maximum absolute atomic E-state index is 11.0. The van der Waals surface area contributed by atoms with Gasteiger partial charge in [-0.1, -0.05) is 12.1 Å². The molecule has 1 aliphatic rings. The molecule has 1 aromatic carbocycles. The van der Waals surface area contributed by atoms with Crippen molar-refractivity contribution in [3.63, 3.8) is 0 Å². The highest BCUT2D eigenvalue weighted by Crippen LogP contribution is 2.46. The van der Waals surface area contributed by atoms with E-state index in [0.717, 1.165) is 0 Å². The van der Waals surface area contributed by atoms with Crippen LogP contribution in [0.2, 0.25) is 0 Å². The Bertz CT molecular complexity index is 480. The standard InChI is InChI=1S/C12H11NO3/c1-16-10-4-2-3-9(11(10)15)12(7-13)5-8(14)6-12/h2-4,15H,5-6H2,1H3. The van der Waals surface area contributed by atoms with Crippen molar-refractivity contribution in [3.8, 4) is 17.6 Å². The molecule has 0 heterocycles. The van der Waals surface area contributed by atoms with Crippen LogP contribution in [0.15, 0.2) is 18.2 Å². The van der Waals surface area contributed by atoms with Gasteiger partial charge in [0.25, 0.3) is 0 Å². The smallest absolute Gasteiger partial charge is 0.162 e. The van der Waals surface area contributed by atoms with E-state index in [0.29, 0.717) is 11.3 Å². The van der Waals surface area contributed by atoms with Crippen molar-refractivity contribution in [1.82, 2.24) is 0 Å². The van der Waals surface area contributed by atoms with Gasteiger partial charge in [-0.3, -0.25) is 4.79 Å². The van der Waals surface area contributed by atoms with Crippen molar-refractivity contribution in [3.05, 3.63) is 23.8 Å². The summed E-state index contributed by atoms with van der Waals surface area (Å²) in [5.41, 5.74) is -0.385. The number of rotatable bonds is 2. The molecule has 0 atom stereocenters. The van der Waals surface area contributed by atoms with Crippen LogP contribution in [0.25, 0.3) is 0 Å². The Morgan fingerprint density at radius 2 is 2.19 bits per heavy atom. The van der Waals surface area contributed by atoms with Gasteiger partial charge in [0, 0.05) is 18.4 Å². The van der Waals surface area contributed by atoms with Gasteiger partial charge in [0.1, 0.15) is 5.78 Å². The second-order valence-corrected chi connectivity index (χ2v) is 3.94. The Balaban J connectivity index is 2.49. The molecule has 1 saturated carbocycles. The third-order valence-corrected chi connectivity index (χ3v) is 2.95. The first kappa shape index (κ1) is 10.5. The van der Waals surface area contributed by atoms with Gasteiger partial charge < -0.3 is 9.84 Å². The van der Waals surface area contributed by atoms with Crippen molar-refractivity contribution in [2.75, 3.05) is 7.11 Å². The number of Topliss-reactive ketones (excluding diaryl/α,β-unsaturated/α-hetero) is 1. The molecule has 0 saturated heterocycles. The summed E-state index contributed by atoms with van der Waals surface area (Å²) in [6.45, 7) is 0. The number of phenols is 1. The van der Waals surface area contributed by atoms with E-state index in [2.05, 4.69) is 6.07 Å². The average molecular weight is 217 g/mol. The number of carbonyl (C=O) groups is 1. The van der Waals surface area contributed by atoms with E-state index in [4.69, 9.17) is 10.00 Å². The first-order valence-corrected chi connectivity index (χ1v) is 4.92. The van der Waals surface area contributed by atoms with E-state index in [9.17, 15) is 9.90 Å². The number of hydrogen-bond acceptors (Lipinski definition) is 4. The minimum absolute atomic E-state index is 0.0425. The van der Waals surface area contributed by atoms with Crippen LogP contribution in [-0.2, 0) is 10.2 Å². The minimum atomic E-state index is -0.865. The Morgan fingerprint density at radius 3 is 2.69 bits per heavy atom. The topological polar surface area (TPSA) is 70.3 Å². The number of nitriles is 1. The molecule has 0 spiro atoms. The van der Waals surface area contributed by atoms with E-state index in [1.54, 1.807) is 18.2 Å². The highest BCUT2D eigenvalue weighted by Gasteiger charge is 2.47. The van der Waals surface area contributed by atoms with Crippen LogP contribution < -0.4 is 4.74 Å². The molecular weight excluding hydrogens is 206 g/mol. The molecule has 1 N–H and O–H groups in total. The predicted octanol–water partition coefficient (Wildman–Crippen LogP) is 1.53. The summed E-state index contributed by atoms with van der Waals surface area (Å²) in [5.74, 6) is 0.328. The second-order valence-electron chi connectivity index (χ2n) is 3.94. The lowest BCUT2D eigenvalue weighted by Crippen LogP contribution is -2.40. The molecule has 2 rings (SSSR count). The van der Waals surface area contributed by atoms with Crippen LogP contribution in [0, 0.1) is 11.3 Å². The molecule has 0 radical (unpaired) electrons. The summed E-state index contributed by atoms with van der Waals surface area (Å²) in [7, 11) is 1.45. The molecule has 0 amide bonds. The fourth-order valence-corrected chi connectivity index (χ4v) is 2.02. The van der Waals surface area contributed by atoms with E-state index in [1.165, 1.54) is 7.11 Å². The monoisotopic (exact) mass is 217 g/mol. The fourth-order valence-electron chi connectivity index (χ4n) is 2.02. The molecule has 0 aliphatic heterocycles. The lowest BCUT2D eigenvalue weighted by Gasteiger charge is -2.34. The highest BCUT2D eigenvalue weighted by atomic mass is 16.5. The SMILES string of the molecule is COc1cccc(C2(C#N)CC(=O)C2)c1O. The van der Waals surface area contributed by atoms with Gasteiger partial charge >= 0.3 is 0 Å². The molecule has 1 aliphatic carbocycles. The molecule has 0 aromatic heterocycles. The van der Waals surface area contributed by atoms with E-state index >= 15 is 0 Å². The summed E-state index contributed by atoms with van der Waals surface area (Å²) in [6, 6.07) is 7.10. The number of nitrogens with zero attached hydrogens (tertiary/aromatic N) is 1. The summed E-state index contributed by atoms with van der Waals surface area (Å²) >= 11 is 0. The number of ketones is 1. The number of carbonyl (C=O) groups excluding carboxylic acids is 1. The van der Waals surface area contributed by atoms with Crippen LogP contribution in [0.1, 0.15) is 18.4 Å². The maximum Gasteiger partial charge on any atom is 0.162 e. The number of phenolic OH excluding ortho intramolecular Hbond substituents is 1. The van der Waals surface area contributed by atoms with E-state index < -0.39 is 5.41 Å². The summed E-state index contributed by atoms with van der Waals surface area (Å²) in [6.07, 6.45) is 0.342. The van der Waals surface area contributed by atoms with Gasteiger partial charge in [-0.05, 0) is 6.07 Å². The zero-order chi connectivity index (χ0) is 11.8. The normalized spacial score (nSPS) is 17.4. The molecule has 82 valence electrons. The molecule has 4 heteroatoms. The fraction of sp³-hybridized carbons (Fsp3) is 0.333. The quantitative estimate of drug-likeness (QED) is 0.815. The van der Waals surface area contributed by atoms with Crippen molar-refractivity contribution in [2.24, 2.45) is 0 Å². The van der Waals surface area contributed by atoms with Crippen molar-refractivity contribution in [1.29, 1.82) is 5.26 Å². The van der Waals surface area contributed by atoms with Crippen LogP contribution in [0.3, 0.4) is 0 Å². The largest absolute Gasteiger partial charge is 0.504 e. The third-order valence-electron chi connectivity index (χ3n) is 2.95. The first-order valence-electron chi connectivity index (χ1n) is 4.92. The third kappa shape index (κ3) is 1.33. The maximum atomic E-state index is 11.0. The zero-order valence-corrected chi connectivity index (χ0v) is 8.86. The van der Waals surface area contributed by atoms with E-state index in [-0.39, 0.29) is 24.4 Å². The van der Waals surface area contributed by atoms with Gasteiger partial charge in [-0.2, -0.15) is 5.26 Å². The number of aromatic hydroxyl groups is 1. The Labute approximate surface area is 93.1 Å². The molecule has 16 heavy (non-hydrogen) atoms. The van der Waals surface area contributed by atoms with Crippen LogP contribution in [0.5, 0.6) is 11.5 Å². The number of methoxy groups -OCH3 is 1. The van der Waals surface area contributed by atoms with Crippen molar-refractivity contribution < 1.29 is 14.6 Å². The molecule has 1 aromatic rings. The molecular formula is C12H11NO3. The van der Waals surface area contributed by atoms with Crippen LogP contribution >= 0.6 is 0 Å². The Hall–Kier alpha value is -2.02. The lowest BCUT2D eigenvalue weighted by molar-refractivity contribution is -0.126. The van der Waals surface area contributed by atoms with Crippen LogP contribution in [0.4, 0.5) is 0 Å². The number of para-hydroxylation sites is 1. The van der Waals surface area contributed by atoms with E-state index in [1.807, 2.05) is 0 Å². The molecule has 4 nitrogen and oxygen atoms in total. The number of ether oxygens (including phenoxy) is 1. The molecule has 0 unspecified atom stereocenters. The molecule has 1 fully saturated rings. The van der Waals surface area contributed by atoms with Gasteiger partial charge in [-0.25, -0.2) is 0 Å². The van der Waals surface area contributed by atoms with Gasteiger partial charge in [0.2, 0.25) is 0 Å². The van der Waals surface area contributed by atoms with Gasteiger partial charge in [0.05, 0.1) is 18.6 Å². The Kier molecular flexibility index (Phi) is 2.31. The second kappa shape index (κ2) is 3.53. The van der Waals surface area contributed by atoms with Gasteiger partial charge in [-0.15, -0.1) is 0 Å². The highest BCUT2D eigenvalue weighted by molar-refractivity contribution is 5.90. The minimum Gasteiger partial charge on any atom is -0.504 e. The van der Waals surface area contributed by atoms with Crippen LogP contribution in [-0.4, -0.2) is 18.0 Å². The summed E-state index contributed by atoms with van der Waals surface area (Å²) in [5, 5.41) is 19.1. The zero-order valence-electron chi connectivity index (χ0n) is 8.86. The van der Waals surface area contributed by atoms with Gasteiger partial charge in [0.15, 0.2) is 11.5 Å². The lowest BCUT2D eigenvalue weighted by atomic mass is 9.64. The van der Waals surface area contributed by atoms with Crippen molar-refractivity contribution in [2.45, 2.75) is 18.3 Å². The number of hydrogen-bond donors (Lipinski definition) is 1. The first-order chi connectivity index (χ1) is 7.63. The molecule has 0 bridgehead atoms. The van der Waals surface area contributed by atoms with Crippen molar-refractivity contribution >= 4 is 5.78 Å². The Morgan fingerprint density at radius 1 is 1.50 bits per heavy atom.